The minimum absolute atomic E-state index is 0.421. The molecule has 0 aliphatic rings. The lowest BCUT2D eigenvalue weighted by Gasteiger charge is -1.92. The minimum atomic E-state index is 0.421. The highest BCUT2D eigenvalue weighted by Gasteiger charge is 2.04. The van der Waals surface area contributed by atoms with Crippen LogP contribution >= 0.6 is 11.5 Å². The van der Waals surface area contributed by atoms with Crippen molar-refractivity contribution in [2.45, 2.75) is 33.6 Å². The van der Waals surface area contributed by atoms with Crippen LogP contribution in [0.15, 0.2) is 6.58 Å². The summed E-state index contributed by atoms with van der Waals surface area (Å²) in [6.07, 6.45) is 1.73. The van der Waals surface area contributed by atoms with Gasteiger partial charge < -0.3 is 0 Å². The summed E-state index contributed by atoms with van der Waals surface area (Å²) in [5.41, 5.74) is 0. The Kier molecular flexibility index (Phi) is 5.54. The summed E-state index contributed by atoms with van der Waals surface area (Å²) < 4.78 is 4.15. The molecule has 0 aliphatic heterocycles. The van der Waals surface area contributed by atoms with E-state index < -0.39 is 0 Å². The van der Waals surface area contributed by atoms with Crippen molar-refractivity contribution >= 4 is 17.6 Å². The molecule has 0 N–H and O–H groups in total. The molecule has 12 heavy (non-hydrogen) atoms. The van der Waals surface area contributed by atoms with E-state index in [1.165, 1.54) is 11.5 Å². The molecule has 0 atom stereocenters. The third-order valence-corrected chi connectivity index (χ3v) is 1.87. The van der Waals surface area contributed by atoms with E-state index in [1.807, 2.05) is 13.8 Å². The van der Waals surface area contributed by atoms with Gasteiger partial charge >= 0.3 is 0 Å². The number of nitrogens with zero attached hydrogens (tertiary/aromatic N) is 2. The summed E-state index contributed by atoms with van der Waals surface area (Å²) >= 11 is 1.40. The van der Waals surface area contributed by atoms with Crippen LogP contribution < -0.4 is 0 Å². The summed E-state index contributed by atoms with van der Waals surface area (Å²) in [6.45, 7) is 11.8. The molecule has 68 valence electrons. The zero-order chi connectivity index (χ0) is 9.56. The monoisotopic (exact) mass is 184 g/mol. The van der Waals surface area contributed by atoms with Crippen molar-refractivity contribution < 1.29 is 0 Å². The molecule has 0 saturated carbocycles. The van der Waals surface area contributed by atoms with Crippen LogP contribution in [0.2, 0.25) is 0 Å². The van der Waals surface area contributed by atoms with Crippen molar-refractivity contribution in [3.05, 3.63) is 17.4 Å². The molecular weight excluding hydrogens is 168 g/mol. The molecule has 0 unspecified atom stereocenters. The highest BCUT2D eigenvalue weighted by atomic mass is 32.1. The highest BCUT2D eigenvalue weighted by Crippen LogP contribution is 2.13. The smallest absolute Gasteiger partial charge is 0.145 e. The Labute approximate surface area is 78.5 Å². The Morgan fingerprint density at radius 2 is 2.00 bits per heavy atom. The molecule has 1 heterocycles. The number of hydrogen-bond acceptors (Lipinski definition) is 3. The Hall–Kier alpha value is -0.700. The second-order valence-corrected chi connectivity index (χ2v) is 3.13. The van der Waals surface area contributed by atoms with E-state index in [1.54, 1.807) is 6.08 Å². The lowest BCUT2D eigenvalue weighted by atomic mass is 10.2. The van der Waals surface area contributed by atoms with Crippen molar-refractivity contribution in [2.75, 3.05) is 0 Å². The average Bonchev–Trinajstić information content (AvgIpc) is 2.55. The van der Waals surface area contributed by atoms with E-state index >= 15 is 0 Å². The van der Waals surface area contributed by atoms with Gasteiger partial charge in [0, 0.05) is 5.92 Å². The summed E-state index contributed by atoms with van der Waals surface area (Å²) in [6, 6.07) is 0. The first-order chi connectivity index (χ1) is 5.74. The van der Waals surface area contributed by atoms with Gasteiger partial charge in [-0.1, -0.05) is 34.3 Å². The molecule has 0 amide bonds. The summed E-state index contributed by atoms with van der Waals surface area (Å²) in [5.74, 6) is 1.34. The van der Waals surface area contributed by atoms with Gasteiger partial charge in [-0.2, -0.15) is 4.37 Å². The van der Waals surface area contributed by atoms with Crippen LogP contribution in [-0.2, 0) is 0 Å². The minimum Gasteiger partial charge on any atom is -0.220 e. The largest absolute Gasteiger partial charge is 0.220 e. The maximum absolute atomic E-state index is 4.22. The molecule has 0 aromatic carbocycles. The maximum Gasteiger partial charge on any atom is 0.145 e. The molecule has 0 bridgehead atoms. The third-order valence-electron chi connectivity index (χ3n) is 1.15. The SMILES string of the molecule is C=Cc1nc(C(C)C)ns1.CC. The highest BCUT2D eigenvalue weighted by molar-refractivity contribution is 7.06. The van der Waals surface area contributed by atoms with Crippen LogP contribution in [0.3, 0.4) is 0 Å². The zero-order valence-corrected chi connectivity index (χ0v) is 8.98. The lowest BCUT2D eigenvalue weighted by Crippen LogP contribution is -1.88. The summed E-state index contributed by atoms with van der Waals surface area (Å²) in [7, 11) is 0. The Bertz CT molecular complexity index is 228. The van der Waals surface area contributed by atoms with Gasteiger partial charge in [0.15, 0.2) is 0 Å². The quantitative estimate of drug-likeness (QED) is 0.704. The first-order valence-corrected chi connectivity index (χ1v) is 4.97. The van der Waals surface area contributed by atoms with E-state index in [0.717, 1.165) is 10.8 Å². The fraction of sp³-hybridized carbons (Fsp3) is 0.556. The van der Waals surface area contributed by atoms with E-state index in [9.17, 15) is 0 Å². The zero-order valence-electron chi connectivity index (χ0n) is 8.16. The molecular formula is C9H16N2S. The van der Waals surface area contributed by atoms with Crippen molar-refractivity contribution in [2.24, 2.45) is 0 Å². The molecule has 0 radical (unpaired) electrons. The maximum atomic E-state index is 4.22. The molecule has 2 nitrogen and oxygen atoms in total. The first-order valence-electron chi connectivity index (χ1n) is 4.20. The van der Waals surface area contributed by atoms with Gasteiger partial charge in [0.05, 0.1) is 0 Å². The van der Waals surface area contributed by atoms with Crippen LogP contribution in [-0.4, -0.2) is 9.36 Å². The van der Waals surface area contributed by atoms with Crippen molar-refractivity contribution in [3.8, 4) is 0 Å². The molecule has 0 spiro atoms. The van der Waals surface area contributed by atoms with Crippen LogP contribution in [0.25, 0.3) is 6.08 Å². The topological polar surface area (TPSA) is 25.8 Å². The van der Waals surface area contributed by atoms with Gasteiger partial charge in [-0.25, -0.2) is 4.98 Å². The fourth-order valence-corrected chi connectivity index (χ4v) is 1.21. The predicted molar refractivity (Wildman–Crippen MR) is 55.4 cm³/mol. The number of rotatable bonds is 2. The normalized spacial score (nSPS) is 9.08. The Balaban J connectivity index is 0.000000561. The first kappa shape index (κ1) is 11.3. The molecule has 0 aliphatic carbocycles. The Morgan fingerprint density at radius 1 is 1.42 bits per heavy atom. The molecule has 0 saturated heterocycles. The number of hydrogen-bond donors (Lipinski definition) is 0. The third kappa shape index (κ3) is 3.13. The van der Waals surface area contributed by atoms with Gasteiger partial charge in [0.25, 0.3) is 0 Å². The van der Waals surface area contributed by atoms with Crippen molar-refractivity contribution in [3.63, 3.8) is 0 Å². The molecule has 1 aromatic rings. The van der Waals surface area contributed by atoms with E-state index in [2.05, 4.69) is 29.8 Å². The van der Waals surface area contributed by atoms with Gasteiger partial charge in [-0.3, -0.25) is 0 Å². The second-order valence-electron chi connectivity index (χ2n) is 2.35. The molecule has 1 aromatic heterocycles. The van der Waals surface area contributed by atoms with Crippen molar-refractivity contribution in [1.82, 2.24) is 9.36 Å². The van der Waals surface area contributed by atoms with Crippen LogP contribution in [0, 0.1) is 0 Å². The average molecular weight is 184 g/mol. The van der Waals surface area contributed by atoms with E-state index in [4.69, 9.17) is 0 Å². The van der Waals surface area contributed by atoms with Crippen LogP contribution in [0.4, 0.5) is 0 Å². The molecule has 3 heteroatoms. The molecule has 0 fully saturated rings. The second kappa shape index (κ2) is 5.89. The standard InChI is InChI=1S/C7H10N2S.C2H6/c1-4-6-8-7(5(2)3)9-10-6;1-2/h4-5H,1H2,2-3H3;1-2H3. The van der Waals surface area contributed by atoms with Crippen LogP contribution in [0.1, 0.15) is 44.4 Å². The lowest BCUT2D eigenvalue weighted by molar-refractivity contribution is 0.798. The molecule has 1 rings (SSSR count). The summed E-state index contributed by atoms with van der Waals surface area (Å²) in [5, 5.41) is 0.906. The fourth-order valence-electron chi connectivity index (χ4n) is 0.565. The summed E-state index contributed by atoms with van der Waals surface area (Å²) in [4.78, 5) is 4.22. The van der Waals surface area contributed by atoms with E-state index in [0.29, 0.717) is 5.92 Å². The van der Waals surface area contributed by atoms with E-state index in [-0.39, 0.29) is 0 Å². The van der Waals surface area contributed by atoms with Gasteiger partial charge in [-0.15, -0.1) is 0 Å². The predicted octanol–water partition coefficient (Wildman–Crippen LogP) is 3.33. The van der Waals surface area contributed by atoms with Gasteiger partial charge in [-0.05, 0) is 17.6 Å². The number of aromatic nitrogens is 2. The van der Waals surface area contributed by atoms with Crippen LogP contribution in [0.5, 0.6) is 0 Å². The van der Waals surface area contributed by atoms with Gasteiger partial charge in [0.2, 0.25) is 0 Å². The van der Waals surface area contributed by atoms with Crippen molar-refractivity contribution in [1.29, 1.82) is 0 Å². The van der Waals surface area contributed by atoms with Gasteiger partial charge in [0.1, 0.15) is 10.8 Å². The Morgan fingerprint density at radius 3 is 2.25 bits per heavy atom.